The number of nitrogens with zero attached hydrogens (tertiary/aromatic N) is 2. The van der Waals surface area contributed by atoms with Crippen LogP contribution in [0.4, 0.5) is 11.4 Å². The lowest BCUT2D eigenvalue weighted by Crippen LogP contribution is -2.46. The minimum absolute atomic E-state index is 0.00817. The molecule has 11 nitrogen and oxygen atoms in total. The highest BCUT2D eigenvalue weighted by molar-refractivity contribution is 7.09. The van der Waals surface area contributed by atoms with Crippen LogP contribution in [-0.4, -0.2) is 55.6 Å². The number of amides is 3. The molecular weight excluding hydrogens is 534 g/mol. The summed E-state index contributed by atoms with van der Waals surface area (Å²) in [7, 11) is 3.00. The number of ether oxygens (including phenoxy) is 3. The van der Waals surface area contributed by atoms with Crippen LogP contribution in [0.25, 0.3) is 0 Å². The molecule has 1 aliphatic rings. The van der Waals surface area contributed by atoms with Crippen LogP contribution in [0.2, 0.25) is 0 Å². The highest BCUT2D eigenvalue weighted by Gasteiger charge is 2.37. The van der Waals surface area contributed by atoms with Crippen molar-refractivity contribution in [1.82, 2.24) is 9.69 Å². The zero-order valence-electron chi connectivity index (χ0n) is 22.9. The van der Waals surface area contributed by atoms with E-state index in [4.69, 9.17) is 25.7 Å². The van der Waals surface area contributed by atoms with E-state index in [0.717, 1.165) is 35.5 Å². The third kappa shape index (κ3) is 5.87. The van der Waals surface area contributed by atoms with Gasteiger partial charge in [-0.15, -0.1) is 0 Å². The van der Waals surface area contributed by atoms with E-state index in [-0.39, 0.29) is 28.9 Å². The fourth-order valence-electron chi connectivity index (χ4n) is 4.74. The number of nitrogen functional groups attached to an aromatic ring is 1. The van der Waals surface area contributed by atoms with Crippen molar-refractivity contribution in [3.63, 3.8) is 0 Å². The van der Waals surface area contributed by atoms with Crippen LogP contribution in [0.5, 0.6) is 11.5 Å². The van der Waals surface area contributed by atoms with Crippen molar-refractivity contribution in [3.05, 3.63) is 63.7 Å². The molecule has 212 valence electrons. The van der Waals surface area contributed by atoms with E-state index in [1.165, 1.54) is 19.1 Å². The minimum Gasteiger partial charge on any atom is -0.493 e. The number of aryl methyl sites for hydroxylation is 2. The van der Waals surface area contributed by atoms with E-state index in [9.17, 15) is 14.4 Å². The van der Waals surface area contributed by atoms with Crippen LogP contribution in [0.15, 0.2) is 36.4 Å². The van der Waals surface area contributed by atoms with E-state index in [1.54, 1.807) is 24.3 Å². The molecule has 1 saturated heterocycles. The predicted molar refractivity (Wildman–Crippen MR) is 152 cm³/mol. The lowest BCUT2D eigenvalue weighted by atomic mass is 10.00. The first-order chi connectivity index (χ1) is 19.2. The quantitative estimate of drug-likeness (QED) is 0.337. The highest BCUT2D eigenvalue weighted by atomic mass is 32.1. The number of benzene rings is 2. The number of hydrogen-bond acceptors (Lipinski definition) is 9. The Bertz CT molecular complexity index is 1420. The molecule has 3 aromatic rings. The smallest absolute Gasteiger partial charge is 0.273 e. The Morgan fingerprint density at radius 3 is 2.50 bits per heavy atom. The maximum absolute atomic E-state index is 14.3. The van der Waals surface area contributed by atoms with E-state index >= 15 is 0 Å². The SMILES string of the molecule is COc1ccc(C(C(=O)NCC2CCCO2)N(C(=O)c2snc(C(N)=O)c2N)c2ccc(C)cc2C)cc1OC. The van der Waals surface area contributed by atoms with Gasteiger partial charge in [-0.1, -0.05) is 23.8 Å². The number of carbonyl (C=O) groups is 3. The van der Waals surface area contributed by atoms with E-state index in [1.807, 2.05) is 26.0 Å². The molecule has 1 aliphatic heterocycles. The van der Waals surface area contributed by atoms with Crippen molar-refractivity contribution in [1.29, 1.82) is 0 Å². The summed E-state index contributed by atoms with van der Waals surface area (Å²) in [6.45, 7) is 4.71. The van der Waals surface area contributed by atoms with Gasteiger partial charge in [-0.3, -0.25) is 19.3 Å². The van der Waals surface area contributed by atoms with Gasteiger partial charge in [-0.2, -0.15) is 4.37 Å². The Morgan fingerprint density at radius 1 is 1.15 bits per heavy atom. The van der Waals surface area contributed by atoms with Gasteiger partial charge >= 0.3 is 0 Å². The Hall–Kier alpha value is -4.16. The predicted octanol–water partition coefficient (Wildman–Crippen LogP) is 3.14. The molecule has 0 radical (unpaired) electrons. The molecule has 2 aromatic carbocycles. The van der Waals surface area contributed by atoms with Crippen LogP contribution in [0.1, 0.15) is 55.7 Å². The molecule has 40 heavy (non-hydrogen) atoms. The highest BCUT2D eigenvalue weighted by Crippen LogP contribution is 2.38. The molecule has 4 rings (SSSR count). The number of primary amides is 1. The topological polar surface area (TPSA) is 159 Å². The van der Waals surface area contributed by atoms with Crippen LogP contribution >= 0.6 is 11.5 Å². The number of rotatable bonds is 10. The first kappa shape index (κ1) is 28.8. The van der Waals surface area contributed by atoms with Gasteiger partial charge in [0.25, 0.3) is 11.8 Å². The number of anilines is 2. The monoisotopic (exact) mass is 567 g/mol. The second kappa shape index (κ2) is 12.3. The first-order valence-corrected chi connectivity index (χ1v) is 13.5. The minimum atomic E-state index is -1.16. The molecule has 2 heterocycles. The largest absolute Gasteiger partial charge is 0.493 e. The van der Waals surface area contributed by atoms with Gasteiger partial charge < -0.3 is 31.0 Å². The number of carbonyl (C=O) groups excluding carboxylic acids is 3. The van der Waals surface area contributed by atoms with Gasteiger partial charge in [0.2, 0.25) is 5.91 Å². The van der Waals surface area contributed by atoms with Crippen molar-refractivity contribution < 1.29 is 28.6 Å². The maximum atomic E-state index is 14.3. The summed E-state index contributed by atoms with van der Waals surface area (Å²) in [5.41, 5.74) is 13.9. The number of nitrogens with one attached hydrogen (secondary N) is 1. The molecular formula is C28H33N5O6S. The van der Waals surface area contributed by atoms with Crippen LogP contribution < -0.4 is 31.2 Å². The first-order valence-electron chi connectivity index (χ1n) is 12.7. The summed E-state index contributed by atoms with van der Waals surface area (Å²) in [4.78, 5) is 41.5. The maximum Gasteiger partial charge on any atom is 0.273 e. The summed E-state index contributed by atoms with van der Waals surface area (Å²) in [6.07, 6.45) is 1.63. The standard InChI is InChI=1S/C28H33N5O6S/c1-15-7-9-19(16(2)12-15)33(28(36)25-22(29)23(26(30)34)32-40-25)24(27(35)31-14-18-6-5-11-39-18)17-8-10-20(37-3)21(13-17)38-4/h7-10,12-13,18,24H,5-6,11,14,29H2,1-4H3,(H2,30,34)(H,31,35). The molecule has 0 spiro atoms. The Morgan fingerprint density at radius 2 is 1.90 bits per heavy atom. The van der Waals surface area contributed by atoms with Gasteiger partial charge in [0.15, 0.2) is 17.2 Å². The molecule has 2 unspecified atom stereocenters. The average molecular weight is 568 g/mol. The van der Waals surface area contributed by atoms with Crippen molar-refractivity contribution in [3.8, 4) is 11.5 Å². The average Bonchev–Trinajstić information content (AvgIpc) is 3.60. The van der Waals surface area contributed by atoms with Gasteiger partial charge in [-0.05, 0) is 67.5 Å². The molecule has 2 atom stereocenters. The number of nitrogens with two attached hydrogens (primary N) is 2. The van der Waals surface area contributed by atoms with Crippen molar-refractivity contribution in [2.75, 3.05) is 38.0 Å². The molecule has 1 aromatic heterocycles. The van der Waals surface area contributed by atoms with Crippen molar-refractivity contribution in [2.24, 2.45) is 5.73 Å². The van der Waals surface area contributed by atoms with E-state index < -0.39 is 23.8 Å². The second-order valence-electron chi connectivity index (χ2n) is 9.50. The van der Waals surface area contributed by atoms with Crippen molar-refractivity contribution >= 4 is 40.6 Å². The number of aromatic nitrogens is 1. The van der Waals surface area contributed by atoms with Crippen LogP contribution in [0, 0.1) is 13.8 Å². The Labute approximate surface area is 236 Å². The number of methoxy groups -OCH3 is 2. The molecule has 12 heteroatoms. The molecule has 1 fully saturated rings. The lowest BCUT2D eigenvalue weighted by molar-refractivity contribution is -0.123. The molecule has 0 aliphatic carbocycles. The Balaban J connectivity index is 1.89. The van der Waals surface area contributed by atoms with Gasteiger partial charge in [-0.25, -0.2) is 0 Å². The molecule has 5 N–H and O–H groups in total. The summed E-state index contributed by atoms with van der Waals surface area (Å²) in [6, 6.07) is 9.41. The fourth-order valence-corrected chi connectivity index (χ4v) is 5.48. The van der Waals surface area contributed by atoms with Crippen LogP contribution in [-0.2, 0) is 9.53 Å². The van der Waals surface area contributed by atoms with Gasteiger partial charge in [0.1, 0.15) is 10.9 Å². The summed E-state index contributed by atoms with van der Waals surface area (Å²) < 4.78 is 20.6. The van der Waals surface area contributed by atoms with Gasteiger partial charge in [0, 0.05) is 18.8 Å². The second-order valence-corrected chi connectivity index (χ2v) is 10.3. The van der Waals surface area contributed by atoms with Gasteiger partial charge in [0.05, 0.1) is 26.0 Å². The van der Waals surface area contributed by atoms with E-state index in [2.05, 4.69) is 9.69 Å². The number of hydrogen-bond donors (Lipinski definition) is 3. The molecule has 0 saturated carbocycles. The molecule has 0 bridgehead atoms. The zero-order valence-corrected chi connectivity index (χ0v) is 23.7. The zero-order chi connectivity index (χ0) is 29.0. The summed E-state index contributed by atoms with van der Waals surface area (Å²) in [5, 5.41) is 2.97. The molecule has 3 amide bonds. The normalized spacial score (nSPS) is 15.3. The van der Waals surface area contributed by atoms with E-state index in [0.29, 0.717) is 29.4 Å². The Kier molecular flexibility index (Phi) is 8.90. The third-order valence-corrected chi connectivity index (χ3v) is 7.60. The summed E-state index contributed by atoms with van der Waals surface area (Å²) in [5.74, 6) is -1.04. The fraction of sp³-hybridized carbons (Fsp3) is 0.357. The third-order valence-electron chi connectivity index (χ3n) is 6.74. The lowest BCUT2D eigenvalue weighted by Gasteiger charge is -2.33. The van der Waals surface area contributed by atoms with Crippen LogP contribution in [0.3, 0.4) is 0 Å². The summed E-state index contributed by atoms with van der Waals surface area (Å²) >= 11 is 0.753. The van der Waals surface area contributed by atoms with Crippen molar-refractivity contribution in [2.45, 2.75) is 38.8 Å².